The SMILES string of the molecule is CC(c1cccc2ccccc12)N1CCC(C(=O)NCc2cc(F)cc(NC(=O)N3CCN(CCCCNC(=O)COc4ccc(C5CCC(=O)NC5=O)cc4)CC3)c2)CC1. The highest BCUT2D eigenvalue weighted by Gasteiger charge is 2.29. The van der Waals surface area contributed by atoms with Gasteiger partial charge in [-0.1, -0.05) is 54.6 Å². The van der Waals surface area contributed by atoms with Crippen LogP contribution in [-0.2, 0) is 25.7 Å². The predicted octanol–water partition coefficient (Wildman–Crippen LogP) is 5.71. The first-order valence-electron chi connectivity index (χ1n) is 21.5. The number of halogens is 1. The molecule has 4 aromatic carbocycles. The molecule has 6 amide bonds. The summed E-state index contributed by atoms with van der Waals surface area (Å²) in [5.41, 5.74) is 3.03. The highest BCUT2D eigenvalue weighted by Crippen LogP contribution is 2.32. The van der Waals surface area contributed by atoms with Gasteiger partial charge in [-0.05, 0) is 116 Å². The predicted molar refractivity (Wildman–Crippen MR) is 231 cm³/mol. The molecule has 0 aliphatic carbocycles. The molecule has 14 heteroatoms. The number of urea groups is 1. The van der Waals surface area contributed by atoms with E-state index in [-0.39, 0.29) is 60.7 Å². The number of piperazine rings is 1. The Bertz CT molecular complexity index is 2180. The molecule has 2 atom stereocenters. The average Bonchev–Trinajstić information content (AvgIpc) is 3.27. The van der Waals surface area contributed by atoms with Gasteiger partial charge in [-0.25, -0.2) is 9.18 Å². The van der Waals surface area contributed by atoms with Crippen molar-refractivity contribution >= 4 is 46.1 Å². The number of piperidine rings is 2. The number of benzene rings is 4. The Balaban J connectivity index is 0.754. The molecule has 61 heavy (non-hydrogen) atoms. The molecule has 2 unspecified atom stereocenters. The fourth-order valence-electron chi connectivity index (χ4n) is 8.59. The third-order valence-corrected chi connectivity index (χ3v) is 12.2. The van der Waals surface area contributed by atoms with Crippen LogP contribution >= 0.6 is 0 Å². The van der Waals surface area contributed by atoms with Gasteiger partial charge in [0, 0.05) is 63.3 Å². The molecule has 0 bridgehead atoms. The van der Waals surface area contributed by atoms with E-state index in [0.29, 0.717) is 62.6 Å². The van der Waals surface area contributed by atoms with E-state index < -0.39 is 5.82 Å². The Hall–Kier alpha value is -5.86. The number of ether oxygens (including phenoxy) is 1. The average molecular weight is 834 g/mol. The van der Waals surface area contributed by atoms with Crippen LogP contribution in [0.4, 0.5) is 14.9 Å². The summed E-state index contributed by atoms with van der Waals surface area (Å²) in [5, 5.41) is 13.6. The summed E-state index contributed by atoms with van der Waals surface area (Å²) >= 11 is 0. The topological polar surface area (TPSA) is 152 Å². The fraction of sp³-hybridized carbons (Fsp3) is 0.426. The van der Waals surface area contributed by atoms with Gasteiger partial charge in [0.1, 0.15) is 11.6 Å². The van der Waals surface area contributed by atoms with Crippen LogP contribution in [0.25, 0.3) is 10.8 Å². The zero-order valence-electron chi connectivity index (χ0n) is 34.8. The quantitative estimate of drug-likeness (QED) is 0.0879. The second-order valence-electron chi connectivity index (χ2n) is 16.3. The summed E-state index contributed by atoms with van der Waals surface area (Å²) in [6.45, 7) is 7.76. The number of carbonyl (C=O) groups is 5. The van der Waals surface area contributed by atoms with Gasteiger partial charge in [0.2, 0.25) is 17.7 Å². The van der Waals surface area contributed by atoms with Crippen LogP contribution in [0.2, 0.25) is 0 Å². The number of hydrogen-bond donors (Lipinski definition) is 4. The van der Waals surface area contributed by atoms with E-state index >= 15 is 0 Å². The van der Waals surface area contributed by atoms with Crippen molar-refractivity contribution in [1.82, 2.24) is 30.7 Å². The van der Waals surface area contributed by atoms with Gasteiger partial charge >= 0.3 is 6.03 Å². The van der Waals surface area contributed by atoms with Crippen LogP contribution < -0.4 is 26.0 Å². The van der Waals surface area contributed by atoms with Gasteiger partial charge in [0.25, 0.3) is 5.91 Å². The minimum atomic E-state index is -0.482. The zero-order chi connectivity index (χ0) is 42.7. The standard InChI is InChI=1S/C47H56FN7O6/c1-32(40-10-6-8-34-7-2-3-9-41(34)40)54-21-17-36(18-22-54)45(58)50-30-33-27-37(48)29-38(28-33)51-47(60)55-25-23-53(24-26-55)20-5-4-19-49-44(57)31-61-39-13-11-35(12-14-39)42-15-16-43(56)52-46(42)59/h2-3,6-14,27-29,32,36,42H,4-5,15-26,30-31H2,1H3,(H,49,57)(H,50,58)(H,51,60)(H,52,56,59). The summed E-state index contributed by atoms with van der Waals surface area (Å²) < 4.78 is 20.3. The molecular weight excluding hydrogens is 778 g/mol. The second kappa shape index (κ2) is 20.6. The molecule has 0 aromatic heterocycles. The third kappa shape index (κ3) is 11.7. The molecule has 3 aliphatic rings. The molecule has 3 heterocycles. The Morgan fingerprint density at radius 2 is 1.61 bits per heavy atom. The molecule has 0 radical (unpaired) electrons. The van der Waals surface area contributed by atoms with Crippen molar-refractivity contribution in [1.29, 1.82) is 0 Å². The Kier molecular flexibility index (Phi) is 14.6. The lowest BCUT2D eigenvalue weighted by atomic mass is 9.90. The van der Waals surface area contributed by atoms with E-state index in [1.165, 1.54) is 28.5 Å². The van der Waals surface area contributed by atoms with Crippen LogP contribution in [-0.4, -0.2) is 103 Å². The van der Waals surface area contributed by atoms with Crippen LogP contribution in [0.1, 0.15) is 74.1 Å². The minimum Gasteiger partial charge on any atom is -0.484 e. The number of nitrogens with zero attached hydrogens (tertiary/aromatic N) is 3. The van der Waals surface area contributed by atoms with Crippen molar-refractivity contribution in [3.8, 4) is 5.75 Å². The van der Waals surface area contributed by atoms with Crippen molar-refractivity contribution in [2.45, 2.75) is 64.0 Å². The van der Waals surface area contributed by atoms with Crippen molar-refractivity contribution < 1.29 is 33.1 Å². The normalized spacial score (nSPS) is 18.3. The van der Waals surface area contributed by atoms with Gasteiger partial charge in [-0.15, -0.1) is 0 Å². The number of fused-ring (bicyclic) bond motifs is 1. The van der Waals surface area contributed by atoms with Crippen molar-refractivity contribution in [3.05, 3.63) is 107 Å². The molecule has 3 aliphatic heterocycles. The van der Waals surface area contributed by atoms with Crippen LogP contribution in [0.5, 0.6) is 5.75 Å². The first-order chi connectivity index (χ1) is 29.6. The number of likely N-dealkylation sites (tertiary alicyclic amines) is 1. The molecule has 4 aromatic rings. The molecule has 13 nitrogen and oxygen atoms in total. The third-order valence-electron chi connectivity index (χ3n) is 12.2. The van der Waals surface area contributed by atoms with E-state index in [0.717, 1.165) is 50.9 Å². The van der Waals surface area contributed by atoms with Gasteiger partial charge < -0.3 is 25.6 Å². The lowest BCUT2D eigenvalue weighted by Gasteiger charge is -2.36. The van der Waals surface area contributed by atoms with Gasteiger partial charge in [-0.2, -0.15) is 0 Å². The number of amides is 6. The number of unbranched alkanes of at least 4 members (excludes halogenated alkanes) is 1. The second-order valence-corrected chi connectivity index (χ2v) is 16.3. The minimum absolute atomic E-state index is 0.0332. The molecule has 4 N–H and O–H groups in total. The zero-order valence-corrected chi connectivity index (χ0v) is 34.8. The first kappa shape index (κ1) is 43.2. The van der Waals surface area contributed by atoms with E-state index in [9.17, 15) is 28.4 Å². The molecule has 7 rings (SSSR count). The Morgan fingerprint density at radius 3 is 2.38 bits per heavy atom. The molecule has 3 fully saturated rings. The molecule has 0 spiro atoms. The number of anilines is 1. The molecule has 322 valence electrons. The van der Waals surface area contributed by atoms with Gasteiger partial charge in [-0.3, -0.25) is 34.3 Å². The summed E-state index contributed by atoms with van der Waals surface area (Å²) in [6, 6.07) is 26.2. The lowest BCUT2D eigenvalue weighted by Crippen LogP contribution is -2.50. The van der Waals surface area contributed by atoms with E-state index in [2.05, 4.69) is 80.5 Å². The maximum Gasteiger partial charge on any atom is 0.321 e. The molecular formula is C47H56FN7O6. The first-order valence-corrected chi connectivity index (χ1v) is 21.5. The van der Waals surface area contributed by atoms with E-state index in [1.807, 2.05) is 0 Å². The van der Waals surface area contributed by atoms with E-state index in [1.54, 1.807) is 35.2 Å². The fourth-order valence-corrected chi connectivity index (χ4v) is 8.59. The number of imide groups is 1. The monoisotopic (exact) mass is 833 g/mol. The number of carbonyl (C=O) groups excluding carboxylic acids is 5. The highest BCUT2D eigenvalue weighted by molar-refractivity contribution is 6.01. The molecule has 0 saturated carbocycles. The number of rotatable bonds is 15. The van der Waals surface area contributed by atoms with Crippen LogP contribution in [0.3, 0.4) is 0 Å². The van der Waals surface area contributed by atoms with E-state index in [4.69, 9.17) is 4.74 Å². The van der Waals surface area contributed by atoms with Crippen molar-refractivity contribution in [3.63, 3.8) is 0 Å². The largest absolute Gasteiger partial charge is 0.484 e. The van der Waals surface area contributed by atoms with Gasteiger partial charge in [0.05, 0.1) is 5.92 Å². The maximum atomic E-state index is 14.7. The van der Waals surface area contributed by atoms with Crippen LogP contribution in [0.15, 0.2) is 84.9 Å². The molecule has 3 saturated heterocycles. The smallest absolute Gasteiger partial charge is 0.321 e. The van der Waals surface area contributed by atoms with Crippen molar-refractivity contribution in [2.75, 3.05) is 64.3 Å². The number of hydrogen-bond acceptors (Lipinski definition) is 8. The van der Waals surface area contributed by atoms with Crippen molar-refractivity contribution in [2.24, 2.45) is 5.92 Å². The maximum absolute atomic E-state index is 14.7. The number of nitrogens with one attached hydrogen (secondary N) is 4. The Labute approximate surface area is 356 Å². The summed E-state index contributed by atoms with van der Waals surface area (Å²) in [6.07, 6.45) is 3.96. The summed E-state index contributed by atoms with van der Waals surface area (Å²) in [4.78, 5) is 68.6. The summed E-state index contributed by atoms with van der Waals surface area (Å²) in [5.74, 6) is -1.24. The van der Waals surface area contributed by atoms with Crippen LogP contribution in [0, 0.1) is 11.7 Å². The lowest BCUT2D eigenvalue weighted by molar-refractivity contribution is -0.134. The summed E-state index contributed by atoms with van der Waals surface area (Å²) in [7, 11) is 0. The Morgan fingerprint density at radius 1 is 0.852 bits per heavy atom. The highest BCUT2D eigenvalue weighted by atomic mass is 19.1. The van der Waals surface area contributed by atoms with Gasteiger partial charge in [0.15, 0.2) is 6.61 Å².